The van der Waals surface area contributed by atoms with Gasteiger partial charge < -0.3 is 10.8 Å². The summed E-state index contributed by atoms with van der Waals surface area (Å²) < 4.78 is 0. The summed E-state index contributed by atoms with van der Waals surface area (Å²) in [5.41, 5.74) is 6.10. The number of carbonyl (C=O) groups is 2. The molecule has 2 bridgehead atoms. The van der Waals surface area contributed by atoms with E-state index < -0.39 is 5.97 Å². The van der Waals surface area contributed by atoms with E-state index in [1.807, 2.05) is 0 Å². The first-order chi connectivity index (χ1) is 9.70. The smallest absolute Gasteiger partial charge is 0.337 e. The molecule has 0 radical (unpaired) electrons. The molecule has 0 aromatic heterocycles. The van der Waals surface area contributed by atoms with Crippen LogP contribution < -0.4 is 5.73 Å². The van der Waals surface area contributed by atoms with Gasteiger partial charge in [-0.25, -0.2) is 4.79 Å². The number of fused-ring (bicyclic) bond motifs is 2. The van der Waals surface area contributed by atoms with Crippen LogP contribution in [-0.4, -0.2) is 16.9 Å². The molecule has 4 nitrogen and oxygen atoms in total. The second-order valence-corrected chi connectivity index (χ2v) is 6.81. The SMILES string of the molecule is CC12CCC(CC1=O)C2(C)C.Nc1ccccc1C(=O)O. The largest absolute Gasteiger partial charge is 0.478 e. The molecule has 0 aliphatic heterocycles. The van der Waals surface area contributed by atoms with Gasteiger partial charge in [-0.2, -0.15) is 0 Å². The molecule has 2 saturated carbocycles. The quantitative estimate of drug-likeness (QED) is 0.777. The van der Waals surface area contributed by atoms with Gasteiger partial charge in [0.2, 0.25) is 0 Å². The van der Waals surface area contributed by atoms with E-state index in [1.165, 1.54) is 12.5 Å². The number of carbonyl (C=O) groups excluding carboxylic acids is 1. The van der Waals surface area contributed by atoms with Gasteiger partial charge in [-0.3, -0.25) is 4.79 Å². The summed E-state index contributed by atoms with van der Waals surface area (Å²) in [5, 5.41) is 8.49. The predicted octanol–water partition coefficient (Wildman–Crippen LogP) is 3.37. The van der Waals surface area contributed by atoms with Crippen LogP contribution in [0.1, 0.15) is 50.4 Å². The summed E-state index contributed by atoms with van der Waals surface area (Å²) in [6.45, 7) is 6.67. The van der Waals surface area contributed by atoms with Gasteiger partial charge in [-0.1, -0.05) is 32.9 Å². The average molecular weight is 289 g/mol. The number of rotatable bonds is 1. The number of Topliss-reactive ketones (excluding diaryl/α,β-unsaturated/α-hetero) is 1. The zero-order valence-electron chi connectivity index (χ0n) is 12.8. The first kappa shape index (κ1) is 15.5. The van der Waals surface area contributed by atoms with Crippen LogP contribution in [-0.2, 0) is 4.79 Å². The number of para-hydroxylation sites is 1. The maximum Gasteiger partial charge on any atom is 0.337 e. The van der Waals surface area contributed by atoms with Crippen LogP contribution in [0.4, 0.5) is 5.69 Å². The molecule has 2 unspecified atom stereocenters. The molecule has 3 N–H and O–H groups in total. The van der Waals surface area contributed by atoms with Crippen molar-refractivity contribution in [2.75, 3.05) is 5.73 Å². The molecule has 3 rings (SSSR count). The monoisotopic (exact) mass is 289 g/mol. The van der Waals surface area contributed by atoms with E-state index >= 15 is 0 Å². The Labute approximate surface area is 125 Å². The Morgan fingerprint density at radius 2 is 1.90 bits per heavy atom. The summed E-state index contributed by atoms with van der Waals surface area (Å²) in [7, 11) is 0. The van der Waals surface area contributed by atoms with E-state index in [1.54, 1.807) is 18.2 Å². The summed E-state index contributed by atoms with van der Waals surface area (Å²) in [6.07, 6.45) is 3.25. The molecule has 0 heterocycles. The van der Waals surface area contributed by atoms with Gasteiger partial charge >= 0.3 is 5.97 Å². The molecule has 0 saturated heterocycles. The van der Waals surface area contributed by atoms with E-state index in [4.69, 9.17) is 10.8 Å². The highest BCUT2D eigenvalue weighted by Crippen LogP contribution is 2.63. The Kier molecular flexibility index (Phi) is 3.83. The third kappa shape index (κ3) is 2.43. The zero-order chi connectivity index (χ0) is 15.8. The van der Waals surface area contributed by atoms with Crippen LogP contribution in [0.2, 0.25) is 0 Å². The third-order valence-electron chi connectivity index (χ3n) is 5.67. The minimum Gasteiger partial charge on any atom is -0.478 e. The van der Waals surface area contributed by atoms with Crippen molar-refractivity contribution in [1.82, 2.24) is 0 Å². The first-order valence-corrected chi connectivity index (χ1v) is 7.31. The first-order valence-electron chi connectivity index (χ1n) is 7.31. The number of ketones is 1. The van der Waals surface area contributed by atoms with Gasteiger partial charge in [0.05, 0.1) is 5.56 Å². The van der Waals surface area contributed by atoms with E-state index in [2.05, 4.69) is 20.8 Å². The number of anilines is 1. The predicted molar refractivity (Wildman–Crippen MR) is 82.0 cm³/mol. The number of carboxylic acids is 1. The number of nitrogen functional groups attached to an aromatic ring is 1. The Hall–Kier alpha value is -1.84. The van der Waals surface area contributed by atoms with Gasteiger partial charge in [0.15, 0.2) is 0 Å². The lowest BCUT2D eigenvalue weighted by atomic mass is 9.70. The average Bonchev–Trinajstić information content (AvgIpc) is 2.73. The minimum atomic E-state index is -0.988. The number of hydrogen-bond acceptors (Lipinski definition) is 3. The molecule has 2 aliphatic carbocycles. The fraction of sp³-hybridized carbons (Fsp3) is 0.529. The topological polar surface area (TPSA) is 80.4 Å². The fourth-order valence-electron chi connectivity index (χ4n) is 3.59. The van der Waals surface area contributed by atoms with E-state index in [0.29, 0.717) is 17.4 Å². The number of benzene rings is 1. The summed E-state index contributed by atoms with van der Waals surface area (Å²) in [4.78, 5) is 21.9. The van der Waals surface area contributed by atoms with Gasteiger partial charge in [-0.05, 0) is 36.3 Å². The third-order valence-corrected chi connectivity index (χ3v) is 5.67. The Bertz CT molecular complexity index is 579. The van der Waals surface area contributed by atoms with E-state index in [0.717, 1.165) is 12.8 Å². The van der Waals surface area contributed by atoms with Gasteiger partial charge in [0, 0.05) is 17.5 Å². The van der Waals surface area contributed by atoms with Crippen molar-refractivity contribution in [3.05, 3.63) is 29.8 Å². The lowest BCUT2D eigenvalue weighted by molar-refractivity contribution is -0.128. The Balaban J connectivity index is 0.000000155. The Morgan fingerprint density at radius 3 is 2.19 bits per heavy atom. The highest BCUT2D eigenvalue weighted by molar-refractivity contribution is 5.93. The summed E-state index contributed by atoms with van der Waals surface area (Å²) >= 11 is 0. The molecule has 1 aromatic carbocycles. The molecule has 1 aromatic rings. The van der Waals surface area contributed by atoms with Gasteiger partial charge in [0.1, 0.15) is 5.78 Å². The minimum absolute atomic E-state index is 0.0255. The van der Waals surface area contributed by atoms with Crippen LogP contribution >= 0.6 is 0 Å². The highest BCUT2D eigenvalue weighted by Gasteiger charge is 2.61. The van der Waals surface area contributed by atoms with Gasteiger partial charge in [0.25, 0.3) is 0 Å². The second kappa shape index (κ2) is 5.17. The van der Waals surface area contributed by atoms with Crippen LogP contribution in [0.25, 0.3) is 0 Å². The van der Waals surface area contributed by atoms with Crippen LogP contribution in [0.15, 0.2) is 24.3 Å². The molecular formula is C17H23NO3. The van der Waals surface area contributed by atoms with E-state index in [-0.39, 0.29) is 16.4 Å². The molecule has 21 heavy (non-hydrogen) atoms. The van der Waals surface area contributed by atoms with E-state index in [9.17, 15) is 9.59 Å². The molecule has 114 valence electrons. The number of nitrogens with two attached hydrogens (primary N) is 1. The molecule has 0 amide bonds. The van der Waals surface area contributed by atoms with Crippen molar-refractivity contribution in [3.8, 4) is 0 Å². The Morgan fingerprint density at radius 1 is 1.29 bits per heavy atom. The summed E-state index contributed by atoms with van der Waals surface area (Å²) in [5.74, 6) is 0.205. The lowest BCUT2D eigenvalue weighted by Gasteiger charge is -2.32. The summed E-state index contributed by atoms with van der Waals surface area (Å²) in [6, 6.07) is 6.36. The number of hydrogen-bond donors (Lipinski definition) is 2. The van der Waals surface area contributed by atoms with Crippen molar-refractivity contribution in [3.63, 3.8) is 0 Å². The highest BCUT2D eigenvalue weighted by atomic mass is 16.4. The van der Waals surface area contributed by atoms with Crippen molar-refractivity contribution < 1.29 is 14.7 Å². The maximum absolute atomic E-state index is 11.6. The molecule has 0 spiro atoms. The normalized spacial score (nSPS) is 28.9. The maximum atomic E-state index is 11.6. The standard InChI is InChI=1S/C10H16O.C7H7NO2/c1-9(2)7-4-5-10(9,3)8(11)6-7;8-6-4-2-1-3-5(6)7(9)10/h7H,4-6H2,1-3H3;1-4H,8H2,(H,9,10). The molecule has 2 atom stereocenters. The fourth-order valence-corrected chi connectivity index (χ4v) is 3.59. The van der Waals surface area contributed by atoms with Crippen molar-refractivity contribution in [1.29, 1.82) is 0 Å². The number of carboxylic acid groups (broad SMARTS) is 1. The molecule has 2 aliphatic rings. The lowest BCUT2D eigenvalue weighted by Crippen LogP contribution is -2.32. The molecule has 4 heteroatoms. The van der Waals surface area contributed by atoms with Crippen molar-refractivity contribution in [2.45, 2.75) is 40.0 Å². The second-order valence-electron chi connectivity index (χ2n) is 6.81. The number of aromatic carboxylic acids is 1. The molecular weight excluding hydrogens is 266 g/mol. The van der Waals surface area contributed by atoms with Crippen molar-refractivity contribution in [2.24, 2.45) is 16.7 Å². The zero-order valence-corrected chi connectivity index (χ0v) is 12.8. The van der Waals surface area contributed by atoms with Crippen LogP contribution in [0.3, 0.4) is 0 Å². The van der Waals surface area contributed by atoms with Gasteiger partial charge in [-0.15, -0.1) is 0 Å². The van der Waals surface area contributed by atoms with Crippen LogP contribution in [0.5, 0.6) is 0 Å². The van der Waals surface area contributed by atoms with Crippen molar-refractivity contribution >= 4 is 17.4 Å². The molecule has 2 fully saturated rings. The van der Waals surface area contributed by atoms with Crippen LogP contribution in [0, 0.1) is 16.7 Å².